The Morgan fingerprint density at radius 3 is 2.36 bits per heavy atom. The number of aromatic amines is 1. The number of H-pyrrole nitrogens is 1. The third kappa shape index (κ3) is 5.34. The summed E-state index contributed by atoms with van der Waals surface area (Å²) in [6.45, 7) is 0.449. The SMILES string of the molecule is O=C(CN(C1CC1)S(=O)(=O)c1ccccc1)N(CCc1c[nH]c2ccccc12)Cc1ccc(F)cc1. The van der Waals surface area contributed by atoms with Gasteiger partial charge < -0.3 is 9.88 Å². The van der Waals surface area contributed by atoms with Crippen LogP contribution in [0.3, 0.4) is 0 Å². The minimum Gasteiger partial charge on any atom is -0.361 e. The summed E-state index contributed by atoms with van der Waals surface area (Å²) in [5, 5.41) is 1.10. The van der Waals surface area contributed by atoms with Gasteiger partial charge in [-0.15, -0.1) is 0 Å². The highest BCUT2D eigenvalue weighted by molar-refractivity contribution is 7.89. The highest BCUT2D eigenvalue weighted by Gasteiger charge is 2.40. The van der Waals surface area contributed by atoms with Crippen molar-refractivity contribution in [3.8, 4) is 0 Å². The normalized spacial score (nSPS) is 13.8. The topological polar surface area (TPSA) is 73.5 Å². The van der Waals surface area contributed by atoms with Crippen LogP contribution in [0.25, 0.3) is 10.9 Å². The number of rotatable bonds is 10. The van der Waals surface area contributed by atoms with Crippen molar-refractivity contribution in [1.29, 1.82) is 0 Å². The summed E-state index contributed by atoms with van der Waals surface area (Å²) in [6, 6.07) is 22.1. The predicted octanol–water partition coefficient (Wildman–Crippen LogP) is 4.73. The van der Waals surface area contributed by atoms with Crippen LogP contribution in [-0.4, -0.2) is 47.6 Å². The molecule has 1 heterocycles. The van der Waals surface area contributed by atoms with Crippen LogP contribution in [-0.2, 0) is 27.8 Å². The van der Waals surface area contributed by atoms with Crippen molar-refractivity contribution in [2.24, 2.45) is 0 Å². The molecule has 36 heavy (non-hydrogen) atoms. The number of hydrogen-bond donors (Lipinski definition) is 1. The number of benzene rings is 3. The Bertz CT molecular complexity index is 1450. The largest absolute Gasteiger partial charge is 0.361 e. The first kappa shape index (κ1) is 24.2. The molecule has 3 aromatic carbocycles. The maximum Gasteiger partial charge on any atom is 0.243 e. The summed E-state index contributed by atoms with van der Waals surface area (Å²) in [4.78, 5) is 18.7. The number of nitrogens with zero attached hydrogens (tertiary/aromatic N) is 2. The van der Waals surface area contributed by atoms with Crippen molar-refractivity contribution in [2.75, 3.05) is 13.1 Å². The van der Waals surface area contributed by atoms with Crippen LogP contribution >= 0.6 is 0 Å². The van der Waals surface area contributed by atoms with E-state index in [1.165, 1.54) is 16.4 Å². The van der Waals surface area contributed by atoms with Crippen molar-refractivity contribution in [3.05, 3.63) is 102 Å². The van der Waals surface area contributed by atoms with Crippen LogP contribution < -0.4 is 0 Å². The minimum absolute atomic E-state index is 0.166. The molecule has 1 aromatic heterocycles. The standard InChI is InChI=1S/C28H28FN3O3S/c29-23-12-10-21(11-13-23)19-31(17-16-22-18-30-27-9-5-4-8-26(22)27)28(33)20-32(24-14-15-24)36(34,35)25-6-2-1-3-7-25/h1-13,18,24,30H,14-17,19-20H2. The first-order valence-corrected chi connectivity index (χ1v) is 13.5. The fourth-order valence-corrected chi connectivity index (χ4v) is 6.09. The number of sulfonamides is 1. The molecule has 0 atom stereocenters. The molecule has 1 amide bonds. The number of fused-ring (bicyclic) bond motifs is 1. The first-order valence-electron chi connectivity index (χ1n) is 12.1. The van der Waals surface area contributed by atoms with Crippen molar-refractivity contribution >= 4 is 26.8 Å². The van der Waals surface area contributed by atoms with E-state index < -0.39 is 10.0 Å². The summed E-state index contributed by atoms with van der Waals surface area (Å²) in [5.74, 6) is -0.616. The molecule has 0 unspecified atom stereocenters. The van der Waals surface area contributed by atoms with Crippen LogP contribution in [0.2, 0.25) is 0 Å². The summed E-state index contributed by atoms with van der Waals surface area (Å²) in [5.41, 5.74) is 2.89. The Kier molecular flexibility index (Phi) is 6.89. The van der Waals surface area contributed by atoms with E-state index in [1.54, 1.807) is 47.4 Å². The van der Waals surface area contributed by atoms with Crippen molar-refractivity contribution in [3.63, 3.8) is 0 Å². The molecule has 0 spiro atoms. The number of halogens is 1. The van der Waals surface area contributed by atoms with Gasteiger partial charge in [0.15, 0.2) is 0 Å². The molecule has 1 N–H and O–H groups in total. The Morgan fingerprint density at radius 2 is 1.64 bits per heavy atom. The third-order valence-electron chi connectivity index (χ3n) is 6.56. The van der Waals surface area contributed by atoms with Crippen LogP contribution in [0.4, 0.5) is 4.39 Å². The van der Waals surface area contributed by atoms with E-state index in [9.17, 15) is 17.6 Å². The number of carbonyl (C=O) groups excluding carboxylic acids is 1. The second-order valence-electron chi connectivity index (χ2n) is 9.15. The lowest BCUT2D eigenvalue weighted by Gasteiger charge is -2.27. The lowest BCUT2D eigenvalue weighted by Crippen LogP contribution is -2.44. The first-order chi connectivity index (χ1) is 17.4. The third-order valence-corrected chi connectivity index (χ3v) is 8.47. The van der Waals surface area contributed by atoms with Crippen LogP contribution in [0, 0.1) is 5.82 Å². The van der Waals surface area contributed by atoms with Gasteiger partial charge in [0.25, 0.3) is 0 Å². The highest BCUT2D eigenvalue weighted by Crippen LogP contribution is 2.32. The van der Waals surface area contributed by atoms with Gasteiger partial charge in [-0.25, -0.2) is 12.8 Å². The molecule has 4 aromatic rings. The van der Waals surface area contributed by atoms with Gasteiger partial charge >= 0.3 is 0 Å². The molecule has 1 aliphatic carbocycles. The second kappa shape index (κ2) is 10.2. The van der Waals surface area contributed by atoms with Gasteiger partial charge in [-0.2, -0.15) is 4.31 Å². The van der Waals surface area contributed by atoms with Gasteiger partial charge in [-0.3, -0.25) is 4.79 Å². The van der Waals surface area contributed by atoms with E-state index in [0.717, 1.165) is 34.9 Å². The molecular weight excluding hydrogens is 477 g/mol. The molecular formula is C28H28FN3O3S. The van der Waals surface area contributed by atoms with E-state index in [-0.39, 0.29) is 35.8 Å². The predicted molar refractivity (Wildman–Crippen MR) is 137 cm³/mol. The fraction of sp³-hybridized carbons (Fsp3) is 0.250. The Hall–Kier alpha value is -3.49. The maximum absolute atomic E-state index is 13.6. The van der Waals surface area contributed by atoms with E-state index in [4.69, 9.17) is 0 Å². The number of nitrogens with one attached hydrogen (secondary N) is 1. The number of carbonyl (C=O) groups is 1. The average molecular weight is 506 g/mol. The van der Waals surface area contributed by atoms with E-state index >= 15 is 0 Å². The molecule has 5 rings (SSSR count). The molecule has 1 fully saturated rings. The van der Waals surface area contributed by atoms with Gasteiger partial charge in [-0.05, 0) is 60.7 Å². The van der Waals surface area contributed by atoms with Gasteiger partial charge in [0, 0.05) is 36.2 Å². The minimum atomic E-state index is -3.80. The molecule has 0 radical (unpaired) electrons. The van der Waals surface area contributed by atoms with Gasteiger partial charge in [-0.1, -0.05) is 48.5 Å². The van der Waals surface area contributed by atoms with Crippen molar-refractivity contribution in [1.82, 2.24) is 14.2 Å². The smallest absolute Gasteiger partial charge is 0.243 e. The van der Waals surface area contributed by atoms with E-state index in [2.05, 4.69) is 4.98 Å². The fourth-order valence-electron chi connectivity index (χ4n) is 4.43. The molecule has 8 heteroatoms. The number of amides is 1. The molecule has 6 nitrogen and oxygen atoms in total. The lowest BCUT2D eigenvalue weighted by molar-refractivity contribution is -0.132. The zero-order chi connectivity index (χ0) is 25.1. The summed E-state index contributed by atoms with van der Waals surface area (Å²) in [7, 11) is -3.80. The lowest BCUT2D eigenvalue weighted by atomic mass is 10.1. The number of hydrogen-bond acceptors (Lipinski definition) is 3. The molecule has 186 valence electrons. The molecule has 0 bridgehead atoms. The van der Waals surface area contributed by atoms with Gasteiger partial charge in [0.2, 0.25) is 15.9 Å². The molecule has 1 aliphatic rings. The molecule has 0 saturated heterocycles. The Morgan fingerprint density at radius 1 is 0.944 bits per heavy atom. The van der Waals surface area contributed by atoms with Crippen molar-refractivity contribution < 1.29 is 17.6 Å². The maximum atomic E-state index is 13.6. The Balaban J connectivity index is 1.38. The average Bonchev–Trinajstić information content (AvgIpc) is 3.65. The summed E-state index contributed by atoms with van der Waals surface area (Å²) in [6.07, 6.45) is 4.03. The van der Waals surface area contributed by atoms with Gasteiger partial charge in [0.1, 0.15) is 5.82 Å². The zero-order valence-corrected chi connectivity index (χ0v) is 20.6. The van der Waals surface area contributed by atoms with Gasteiger partial charge in [0.05, 0.1) is 11.4 Å². The van der Waals surface area contributed by atoms with Crippen molar-refractivity contribution in [2.45, 2.75) is 36.7 Å². The summed E-state index contributed by atoms with van der Waals surface area (Å²) >= 11 is 0. The zero-order valence-electron chi connectivity index (χ0n) is 19.8. The Labute approximate surface area is 210 Å². The van der Waals surface area contributed by atoms with Crippen LogP contribution in [0.1, 0.15) is 24.0 Å². The monoisotopic (exact) mass is 505 g/mol. The highest BCUT2D eigenvalue weighted by atomic mass is 32.2. The molecule has 1 saturated carbocycles. The number of aromatic nitrogens is 1. The summed E-state index contributed by atoms with van der Waals surface area (Å²) < 4.78 is 41.5. The molecule has 0 aliphatic heterocycles. The van der Waals surface area contributed by atoms with E-state index in [0.29, 0.717) is 13.0 Å². The van der Waals surface area contributed by atoms with Crippen LogP contribution in [0.5, 0.6) is 0 Å². The quantitative estimate of drug-likeness (QED) is 0.339. The number of para-hydroxylation sites is 1. The van der Waals surface area contributed by atoms with Crippen LogP contribution in [0.15, 0.2) is 90.0 Å². The van der Waals surface area contributed by atoms with E-state index in [1.807, 2.05) is 30.5 Å². The second-order valence-corrected chi connectivity index (χ2v) is 11.0.